The molecule has 0 aromatic heterocycles. The lowest BCUT2D eigenvalue weighted by Gasteiger charge is -2.10. The second-order valence-corrected chi connectivity index (χ2v) is 6.83. The molecule has 0 aliphatic rings. The van der Waals surface area contributed by atoms with E-state index in [2.05, 4.69) is 20.7 Å². The molecule has 0 saturated heterocycles. The molecule has 0 spiro atoms. The van der Waals surface area contributed by atoms with Gasteiger partial charge in [-0.2, -0.15) is 0 Å². The van der Waals surface area contributed by atoms with Crippen molar-refractivity contribution in [2.75, 3.05) is 10.5 Å². The third kappa shape index (κ3) is 3.40. The topological polar surface area (TPSA) is 72.2 Å². The van der Waals surface area contributed by atoms with Crippen molar-refractivity contribution < 1.29 is 8.42 Å². The molecule has 100 valence electrons. The fourth-order valence-electron chi connectivity index (χ4n) is 1.44. The zero-order chi connectivity index (χ0) is 14.0. The summed E-state index contributed by atoms with van der Waals surface area (Å²) < 4.78 is 27.5. The Morgan fingerprint density at radius 2 is 1.74 bits per heavy atom. The van der Waals surface area contributed by atoms with Crippen molar-refractivity contribution in [3.8, 4) is 0 Å². The second-order valence-electron chi connectivity index (χ2n) is 3.79. The molecule has 4 nitrogen and oxygen atoms in total. The molecule has 2 aromatic rings. The van der Waals surface area contributed by atoms with Gasteiger partial charge in [-0.25, -0.2) is 8.42 Å². The molecule has 3 N–H and O–H groups in total. The fourth-order valence-corrected chi connectivity index (χ4v) is 3.04. The zero-order valence-corrected chi connectivity index (χ0v) is 12.8. The van der Waals surface area contributed by atoms with Crippen molar-refractivity contribution in [1.82, 2.24) is 0 Å². The number of sulfonamides is 1. The Hall–Kier alpha value is -1.24. The summed E-state index contributed by atoms with van der Waals surface area (Å²) in [6.45, 7) is 0. The number of nitrogens with one attached hydrogen (secondary N) is 1. The maximum atomic E-state index is 12.1. The molecule has 0 fully saturated rings. The third-order valence-corrected chi connectivity index (χ3v) is 4.51. The van der Waals surface area contributed by atoms with Gasteiger partial charge in [-0.05, 0) is 42.5 Å². The monoisotopic (exact) mass is 360 g/mol. The van der Waals surface area contributed by atoms with Crippen LogP contribution in [-0.4, -0.2) is 8.42 Å². The Labute approximate surface area is 124 Å². The number of nitrogens with two attached hydrogens (primary N) is 1. The Morgan fingerprint density at radius 1 is 1.11 bits per heavy atom. The lowest BCUT2D eigenvalue weighted by Crippen LogP contribution is -2.14. The number of benzene rings is 2. The van der Waals surface area contributed by atoms with Gasteiger partial charge in [-0.3, -0.25) is 4.72 Å². The zero-order valence-electron chi connectivity index (χ0n) is 9.60. The van der Waals surface area contributed by atoms with Gasteiger partial charge in [0.25, 0.3) is 10.0 Å². The predicted molar refractivity (Wildman–Crippen MR) is 80.8 cm³/mol. The standard InChI is InChI=1S/C12H10BrClN2O2S/c13-8-1-6-12(11(15)7-8)16-19(17,18)10-4-2-9(14)3-5-10/h1-7,16H,15H2. The lowest BCUT2D eigenvalue weighted by atomic mass is 10.3. The van der Waals surface area contributed by atoms with Crippen LogP contribution in [0.15, 0.2) is 51.8 Å². The largest absolute Gasteiger partial charge is 0.397 e. The Balaban J connectivity index is 2.33. The summed E-state index contributed by atoms with van der Waals surface area (Å²) in [5.74, 6) is 0. The molecule has 0 bridgehead atoms. The van der Waals surface area contributed by atoms with Crippen LogP contribution in [0.25, 0.3) is 0 Å². The lowest BCUT2D eigenvalue weighted by molar-refractivity contribution is 0.601. The van der Waals surface area contributed by atoms with Crippen LogP contribution in [0.5, 0.6) is 0 Å². The number of nitrogen functional groups attached to an aromatic ring is 1. The Kier molecular flexibility index (Phi) is 4.03. The van der Waals surface area contributed by atoms with E-state index in [1.165, 1.54) is 24.3 Å². The van der Waals surface area contributed by atoms with Gasteiger partial charge in [0.15, 0.2) is 0 Å². The first-order chi connectivity index (χ1) is 8.88. The number of hydrogen-bond donors (Lipinski definition) is 2. The van der Waals surface area contributed by atoms with Gasteiger partial charge < -0.3 is 5.73 Å². The molecule has 0 unspecified atom stereocenters. The molecule has 0 atom stereocenters. The maximum absolute atomic E-state index is 12.1. The summed E-state index contributed by atoms with van der Waals surface area (Å²) in [5.41, 5.74) is 6.42. The highest BCUT2D eigenvalue weighted by Crippen LogP contribution is 2.25. The van der Waals surface area contributed by atoms with Crippen LogP contribution >= 0.6 is 27.5 Å². The van der Waals surface area contributed by atoms with Crippen molar-refractivity contribution in [2.24, 2.45) is 0 Å². The highest BCUT2D eigenvalue weighted by molar-refractivity contribution is 9.10. The first-order valence-corrected chi connectivity index (χ1v) is 7.87. The molecule has 0 radical (unpaired) electrons. The summed E-state index contributed by atoms with van der Waals surface area (Å²) >= 11 is 8.98. The van der Waals surface area contributed by atoms with E-state index in [9.17, 15) is 8.42 Å². The van der Waals surface area contributed by atoms with Crippen LogP contribution < -0.4 is 10.5 Å². The predicted octanol–water partition coefficient (Wildman–Crippen LogP) is 3.49. The number of anilines is 2. The van der Waals surface area contributed by atoms with E-state index in [1.54, 1.807) is 18.2 Å². The third-order valence-electron chi connectivity index (χ3n) is 2.38. The molecule has 7 heteroatoms. The summed E-state index contributed by atoms with van der Waals surface area (Å²) in [6, 6.07) is 10.8. The molecule has 2 aromatic carbocycles. The summed E-state index contributed by atoms with van der Waals surface area (Å²) in [4.78, 5) is 0.124. The molecule has 19 heavy (non-hydrogen) atoms. The van der Waals surface area contributed by atoms with Gasteiger partial charge in [-0.15, -0.1) is 0 Å². The molecule has 0 amide bonds. The summed E-state index contributed by atoms with van der Waals surface area (Å²) in [5, 5.41) is 0.474. The van der Waals surface area contributed by atoms with Crippen LogP contribution in [0.1, 0.15) is 0 Å². The normalized spacial score (nSPS) is 11.3. The minimum absolute atomic E-state index is 0.124. The average Bonchev–Trinajstić information content (AvgIpc) is 2.33. The van der Waals surface area contributed by atoms with Crippen LogP contribution in [0.4, 0.5) is 11.4 Å². The van der Waals surface area contributed by atoms with E-state index in [0.29, 0.717) is 16.4 Å². The van der Waals surface area contributed by atoms with Crippen LogP contribution in [0, 0.1) is 0 Å². The minimum atomic E-state index is -3.67. The minimum Gasteiger partial charge on any atom is -0.397 e. The van der Waals surface area contributed by atoms with Gasteiger partial charge in [0, 0.05) is 9.50 Å². The molecule has 0 saturated carbocycles. The quantitative estimate of drug-likeness (QED) is 0.822. The highest BCUT2D eigenvalue weighted by Gasteiger charge is 2.15. The van der Waals surface area contributed by atoms with E-state index in [4.69, 9.17) is 17.3 Å². The molecular weight excluding hydrogens is 352 g/mol. The Morgan fingerprint density at radius 3 is 2.32 bits per heavy atom. The summed E-state index contributed by atoms with van der Waals surface area (Å²) in [7, 11) is -3.67. The van der Waals surface area contributed by atoms with Gasteiger partial charge in [0.2, 0.25) is 0 Å². The summed E-state index contributed by atoms with van der Waals surface area (Å²) in [6.07, 6.45) is 0. The van der Waals surface area contributed by atoms with E-state index in [-0.39, 0.29) is 4.90 Å². The maximum Gasteiger partial charge on any atom is 0.261 e. The van der Waals surface area contributed by atoms with Crippen molar-refractivity contribution >= 4 is 48.9 Å². The molecule has 0 heterocycles. The van der Waals surface area contributed by atoms with Gasteiger partial charge in [-0.1, -0.05) is 27.5 Å². The van der Waals surface area contributed by atoms with E-state index in [1.807, 2.05) is 0 Å². The van der Waals surface area contributed by atoms with Crippen molar-refractivity contribution in [2.45, 2.75) is 4.90 Å². The van der Waals surface area contributed by atoms with Crippen molar-refractivity contribution in [1.29, 1.82) is 0 Å². The van der Waals surface area contributed by atoms with Crippen LogP contribution in [0.3, 0.4) is 0 Å². The smallest absolute Gasteiger partial charge is 0.261 e. The highest BCUT2D eigenvalue weighted by atomic mass is 79.9. The first kappa shape index (κ1) is 14.2. The van der Waals surface area contributed by atoms with Crippen molar-refractivity contribution in [3.05, 3.63) is 52.0 Å². The van der Waals surface area contributed by atoms with E-state index >= 15 is 0 Å². The number of rotatable bonds is 3. The SMILES string of the molecule is Nc1cc(Br)ccc1NS(=O)(=O)c1ccc(Cl)cc1. The molecular formula is C12H10BrClN2O2S. The average molecular weight is 362 g/mol. The van der Waals surface area contributed by atoms with Gasteiger partial charge >= 0.3 is 0 Å². The van der Waals surface area contributed by atoms with E-state index in [0.717, 1.165) is 4.47 Å². The molecule has 2 rings (SSSR count). The van der Waals surface area contributed by atoms with Crippen LogP contribution in [0.2, 0.25) is 5.02 Å². The second kappa shape index (κ2) is 5.40. The van der Waals surface area contributed by atoms with Crippen molar-refractivity contribution in [3.63, 3.8) is 0 Å². The number of halogens is 2. The fraction of sp³-hybridized carbons (Fsp3) is 0. The molecule has 0 aliphatic carbocycles. The van der Waals surface area contributed by atoms with Gasteiger partial charge in [0.1, 0.15) is 0 Å². The Bertz CT molecular complexity index is 702. The van der Waals surface area contributed by atoms with Gasteiger partial charge in [0.05, 0.1) is 16.3 Å². The first-order valence-electron chi connectivity index (χ1n) is 5.22. The van der Waals surface area contributed by atoms with Crippen LogP contribution in [-0.2, 0) is 10.0 Å². The number of hydrogen-bond acceptors (Lipinski definition) is 3. The van der Waals surface area contributed by atoms with E-state index < -0.39 is 10.0 Å². The molecule has 0 aliphatic heterocycles.